The van der Waals surface area contributed by atoms with Gasteiger partial charge in [-0.3, -0.25) is 19.3 Å². The first kappa shape index (κ1) is 22.9. The number of carbonyl (C=O) groups excluding carboxylic acids is 3. The van der Waals surface area contributed by atoms with E-state index in [-0.39, 0.29) is 10.7 Å². The molecule has 0 saturated carbocycles. The first-order valence-corrected chi connectivity index (χ1v) is 10.4. The Morgan fingerprint density at radius 2 is 1.84 bits per heavy atom. The van der Waals surface area contributed by atoms with E-state index in [9.17, 15) is 19.2 Å². The summed E-state index contributed by atoms with van der Waals surface area (Å²) in [6, 6.07) is 13.4. The Hall–Kier alpha value is -3.79. The van der Waals surface area contributed by atoms with E-state index in [4.69, 9.17) is 14.6 Å². The Morgan fingerprint density at radius 3 is 2.53 bits per heavy atom. The lowest BCUT2D eigenvalue weighted by Gasteiger charge is -2.12. The lowest BCUT2D eigenvalue weighted by Crippen LogP contribution is -2.36. The molecule has 1 saturated heterocycles. The number of ether oxygens (including phenoxy) is 2. The normalized spacial score (nSPS) is 14.5. The van der Waals surface area contributed by atoms with Gasteiger partial charge in [-0.25, -0.2) is 4.79 Å². The van der Waals surface area contributed by atoms with Gasteiger partial charge < -0.3 is 19.9 Å². The molecule has 10 heteroatoms. The second kappa shape index (κ2) is 10.5. The Bertz CT molecular complexity index is 1070. The summed E-state index contributed by atoms with van der Waals surface area (Å²) in [6.45, 7) is 1.16. The highest BCUT2D eigenvalue weighted by atomic mass is 32.2. The number of carbonyl (C=O) groups is 4. The van der Waals surface area contributed by atoms with Crippen molar-refractivity contribution in [2.75, 3.05) is 25.1 Å². The number of carboxylic acid groups (broad SMARTS) is 1. The summed E-state index contributed by atoms with van der Waals surface area (Å²) in [5.41, 5.74) is 1.11. The standard InChI is InChI=1S/C22H20N2O7S/c1-2-30-17-10-14(8-9-16(17)31-13-20(26)27)11-18-21(28)24(22(29)32-18)12-19(25)23-15-6-4-3-5-7-15/h3-11H,2,12-13H2,1H3,(H,23,25)(H,26,27)/b18-11+. The zero-order valence-electron chi connectivity index (χ0n) is 17.1. The van der Waals surface area contributed by atoms with Crippen molar-refractivity contribution in [2.24, 2.45) is 0 Å². The molecule has 0 spiro atoms. The number of thioether (sulfide) groups is 1. The van der Waals surface area contributed by atoms with Gasteiger partial charge in [-0.15, -0.1) is 0 Å². The molecule has 2 aromatic carbocycles. The molecule has 3 amide bonds. The van der Waals surface area contributed by atoms with Gasteiger partial charge in [0.2, 0.25) is 5.91 Å². The van der Waals surface area contributed by atoms with E-state index in [1.165, 1.54) is 12.1 Å². The average Bonchev–Trinajstić information content (AvgIpc) is 3.01. The van der Waals surface area contributed by atoms with E-state index in [2.05, 4.69) is 5.32 Å². The van der Waals surface area contributed by atoms with Crippen LogP contribution in [0.2, 0.25) is 0 Å². The van der Waals surface area contributed by atoms with Gasteiger partial charge in [0.15, 0.2) is 18.1 Å². The maximum Gasteiger partial charge on any atom is 0.341 e. The first-order chi connectivity index (χ1) is 15.4. The van der Waals surface area contributed by atoms with Gasteiger partial charge in [0.05, 0.1) is 11.5 Å². The highest BCUT2D eigenvalue weighted by Gasteiger charge is 2.36. The fraction of sp³-hybridized carbons (Fsp3) is 0.182. The Balaban J connectivity index is 1.72. The van der Waals surface area contributed by atoms with Gasteiger partial charge in [0.25, 0.3) is 11.1 Å². The van der Waals surface area contributed by atoms with Crippen LogP contribution in [0.5, 0.6) is 11.5 Å². The van der Waals surface area contributed by atoms with Crippen LogP contribution >= 0.6 is 11.8 Å². The average molecular weight is 456 g/mol. The fourth-order valence-electron chi connectivity index (χ4n) is 2.79. The van der Waals surface area contributed by atoms with Crippen molar-refractivity contribution in [3.05, 3.63) is 59.0 Å². The number of anilines is 1. The Labute approximate surface area is 188 Å². The largest absolute Gasteiger partial charge is 0.490 e. The van der Waals surface area contributed by atoms with E-state index in [1.54, 1.807) is 49.4 Å². The third kappa shape index (κ3) is 5.88. The van der Waals surface area contributed by atoms with Gasteiger partial charge in [0, 0.05) is 5.69 Å². The smallest absolute Gasteiger partial charge is 0.341 e. The van der Waals surface area contributed by atoms with E-state index < -0.39 is 36.2 Å². The van der Waals surface area contributed by atoms with Crippen molar-refractivity contribution in [3.63, 3.8) is 0 Å². The third-order valence-electron chi connectivity index (χ3n) is 4.15. The van der Waals surface area contributed by atoms with Crippen LogP contribution in [0.3, 0.4) is 0 Å². The molecule has 9 nitrogen and oxygen atoms in total. The number of imide groups is 1. The summed E-state index contributed by atoms with van der Waals surface area (Å²) in [6.07, 6.45) is 1.50. The van der Waals surface area contributed by atoms with E-state index >= 15 is 0 Å². The second-order valence-electron chi connectivity index (χ2n) is 6.50. The summed E-state index contributed by atoms with van der Waals surface area (Å²) < 4.78 is 10.7. The third-order valence-corrected chi connectivity index (χ3v) is 5.06. The fourth-order valence-corrected chi connectivity index (χ4v) is 3.63. The maximum atomic E-state index is 12.7. The molecule has 0 radical (unpaired) electrons. The molecule has 1 aliphatic heterocycles. The Kier molecular flexibility index (Phi) is 7.50. The van der Waals surface area contributed by atoms with Gasteiger partial charge >= 0.3 is 5.97 Å². The topological polar surface area (TPSA) is 122 Å². The van der Waals surface area contributed by atoms with Gasteiger partial charge in [-0.1, -0.05) is 24.3 Å². The molecule has 1 heterocycles. The molecule has 0 aliphatic carbocycles. The summed E-state index contributed by atoms with van der Waals surface area (Å²) in [5.74, 6) is -1.63. The lowest BCUT2D eigenvalue weighted by molar-refractivity contribution is -0.139. The van der Waals surface area contributed by atoms with Crippen molar-refractivity contribution in [1.82, 2.24) is 4.90 Å². The number of para-hydroxylation sites is 1. The molecule has 166 valence electrons. The summed E-state index contributed by atoms with van der Waals surface area (Å²) >= 11 is 0.731. The van der Waals surface area contributed by atoms with Crippen LogP contribution in [0.25, 0.3) is 6.08 Å². The minimum atomic E-state index is -1.12. The molecule has 2 aromatic rings. The number of aliphatic carboxylic acids is 1. The highest BCUT2D eigenvalue weighted by Crippen LogP contribution is 2.34. The number of nitrogens with one attached hydrogen (secondary N) is 1. The van der Waals surface area contributed by atoms with Crippen molar-refractivity contribution < 1.29 is 33.8 Å². The summed E-state index contributed by atoms with van der Waals surface area (Å²) in [5, 5.41) is 10.9. The predicted molar refractivity (Wildman–Crippen MR) is 118 cm³/mol. The number of hydrogen-bond acceptors (Lipinski definition) is 7. The van der Waals surface area contributed by atoms with E-state index in [0.29, 0.717) is 23.6 Å². The lowest BCUT2D eigenvalue weighted by atomic mass is 10.2. The molecule has 3 rings (SSSR count). The van der Waals surface area contributed by atoms with Crippen LogP contribution in [-0.2, 0) is 14.4 Å². The first-order valence-electron chi connectivity index (χ1n) is 9.59. The SMILES string of the molecule is CCOc1cc(/C=C2/SC(=O)N(CC(=O)Nc3ccccc3)C2=O)ccc1OCC(=O)O. The molecular formula is C22H20N2O7S. The second-order valence-corrected chi connectivity index (χ2v) is 7.50. The number of carboxylic acids is 1. The minimum absolute atomic E-state index is 0.157. The van der Waals surface area contributed by atoms with E-state index in [1.807, 2.05) is 0 Å². The zero-order valence-corrected chi connectivity index (χ0v) is 17.9. The van der Waals surface area contributed by atoms with Crippen molar-refractivity contribution >= 4 is 46.5 Å². The van der Waals surface area contributed by atoms with Crippen molar-refractivity contribution in [1.29, 1.82) is 0 Å². The number of amides is 3. The maximum absolute atomic E-state index is 12.7. The molecule has 1 fully saturated rings. The molecular weight excluding hydrogens is 436 g/mol. The number of rotatable bonds is 9. The quantitative estimate of drug-likeness (QED) is 0.552. The van der Waals surface area contributed by atoms with Gasteiger partial charge in [-0.05, 0) is 54.6 Å². The van der Waals surface area contributed by atoms with Crippen LogP contribution < -0.4 is 14.8 Å². The van der Waals surface area contributed by atoms with E-state index in [0.717, 1.165) is 16.7 Å². The Morgan fingerprint density at radius 1 is 1.09 bits per heavy atom. The van der Waals surface area contributed by atoms with Crippen LogP contribution in [0.4, 0.5) is 10.5 Å². The van der Waals surface area contributed by atoms with Crippen LogP contribution in [0, 0.1) is 0 Å². The highest BCUT2D eigenvalue weighted by molar-refractivity contribution is 8.18. The van der Waals surface area contributed by atoms with Crippen molar-refractivity contribution in [3.8, 4) is 11.5 Å². The summed E-state index contributed by atoms with van der Waals surface area (Å²) in [7, 11) is 0. The number of benzene rings is 2. The van der Waals surface area contributed by atoms with Crippen LogP contribution in [0.1, 0.15) is 12.5 Å². The molecule has 1 aliphatic rings. The molecule has 0 aromatic heterocycles. The molecule has 0 unspecified atom stereocenters. The van der Waals surface area contributed by atoms with Crippen LogP contribution in [0.15, 0.2) is 53.4 Å². The van der Waals surface area contributed by atoms with Gasteiger partial charge in [0.1, 0.15) is 6.54 Å². The number of hydrogen-bond donors (Lipinski definition) is 2. The molecule has 32 heavy (non-hydrogen) atoms. The van der Waals surface area contributed by atoms with Gasteiger partial charge in [-0.2, -0.15) is 0 Å². The van der Waals surface area contributed by atoms with Crippen molar-refractivity contribution in [2.45, 2.75) is 6.92 Å². The zero-order chi connectivity index (χ0) is 23.1. The predicted octanol–water partition coefficient (Wildman–Crippen LogP) is 3.22. The molecule has 2 N–H and O–H groups in total. The molecule has 0 atom stereocenters. The number of nitrogens with zero attached hydrogens (tertiary/aromatic N) is 1. The van der Waals surface area contributed by atoms with Crippen LogP contribution in [-0.4, -0.2) is 52.8 Å². The monoisotopic (exact) mass is 456 g/mol. The molecule has 0 bridgehead atoms. The summed E-state index contributed by atoms with van der Waals surface area (Å²) in [4.78, 5) is 49.0. The minimum Gasteiger partial charge on any atom is -0.490 e.